The fourth-order valence-electron chi connectivity index (χ4n) is 0.849. The molecule has 0 aromatic heterocycles. The van der Waals surface area contributed by atoms with E-state index in [0.717, 1.165) is 8.90 Å². The van der Waals surface area contributed by atoms with Gasteiger partial charge in [-0.1, -0.05) is 44.6 Å². The normalized spacial score (nSPS) is 10.1. The standard InChI is InChI=1S/C8H7BrClI/c9-8-2-1-6(4-10)7(3-8)5-11/h1-3H,4-5H2. The first-order valence-electron chi connectivity index (χ1n) is 3.17. The second kappa shape index (κ2) is 4.67. The lowest BCUT2D eigenvalue weighted by Gasteiger charge is -2.03. The maximum atomic E-state index is 5.74. The monoisotopic (exact) mass is 344 g/mol. The molecule has 0 bridgehead atoms. The van der Waals surface area contributed by atoms with E-state index in [2.05, 4.69) is 50.7 Å². The molecule has 1 aromatic carbocycles. The molecule has 3 heteroatoms. The highest BCUT2D eigenvalue weighted by molar-refractivity contribution is 14.1. The number of hydrogen-bond donors (Lipinski definition) is 0. The zero-order valence-corrected chi connectivity index (χ0v) is 10.3. The van der Waals surface area contributed by atoms with E-state index < -0.39 is 0 Å². The van der Waals surface area contributed by atoms with Gasteiger partial charge in [-0.25, -0.2) is 0 Å². The van der Waals surface area contributed by atoms with E-state index in [1.807, 2.05) is 6.07 Å². The van der Waals surface area contributed by atoms with Gasteiger partial charge in [0.15, 0.2) is 0 Å². The minimum absolute atomic E-state index is 0.603. The number of rotatable bonds is 2. The van der Waals surface area contributed by atoms with Crippen molar-refractivity contribution in [3.8, 4) is 0 Å². The van der Waals surface area contributed by atoms with Gasteiger partial charge in [0.25, 0.3) is 0 Å². The SMILES string of the molecule is ClCc1ccc(Br)cc1CI. The van der Waals surface area contributed by atoms with Crippen LogP contribution in [0.5, 0.6) is 0 Å². The third kappa shape index (κ3) is 2.60. The predicted molar refractivity (Wildman–Crippen MR) is 61.4 cm³/mol. The van der Waals surface area contributed by atoms with Gasteiger partial charge in [0, 0.05) is 14.8 Å². The van der Waals surface area contributed by atoms with Crippen molar-refractivity contribution in [3.63, 3.8) is 0 Å². The highest BCUT2D eigenvalue weighted by atomic mass is 127. The maximum Gasteiger partial charge on any atom is 0.0477 e. The van der Waals surface area contributed by atoms with Gasteiger partial charge in [0.05, 0.1) is 0 Å². The van der Waals surface area contributed by atoms with Crippen LogP contribution in [-0.2, 0) is 10.3 Å². The first-order valence-corrected chi connectivity index (χ1v) is 6.02. The molecule has 1 aromatic rings. The molecule has 0 spiro atoms. The molecule has 0 N–H and O–H groups in total. The van der Waals surface area contributed by atoms with Crippen LogP contribution in [0, 0.1) is 0 Å². The van der Waals surface area contributed by atoms with Crippen molar-refractivity contribution in [1.82, 2.24) is 0 Å². The molecule has 0 unspecified atom stereocenters. The maximum absolute atomic E-state index is 5.74. The zero-order chi connectivity index (χ0) is 8.27. The molecule has 60 valence electrons. The number of halogens is 3. The van der Waals surface area contributed by atoms with Crippen molar-refractivity contribution in [2.75, 3.05) is 0 Å². The molecule has 0 aliphatic carbocycles. The van der Waals surface area contributed by atoms with E-state index in [1.165, 1.54) is 11.1 Å². The Bertz CT molecular complexity index is 250. The average molecular weight is 345 g/mol. The Balaban J connectivity index is 3.06. The molecule has 0 aliphatic heterocycles. The van der Waals surface area contributed by atoms with E-state index in [4.69, 9.17) is 11.6 Å². The van der Waals surface area contributed by atoms with Crippen LogP contribution in [0.25, 0.3) is 0 Å². The topological polar surface area (TPSA) is 0 Å². The highest BCUT2D eigenvalue weighted by Crippen LogP contribution is 2.20. The smallest absolute Gasteiger partial charge is 0.0477 e. The first kappa shape index (κ1) is 9.81. The third-order valence-electron chi connectivity index (χ3n) is 1.46. The molecule has 11 heavy (non-hydrogen) atoms. The lowest BCUT2D eigenvalue weighted by atomic mass is 10.1. The molecule has 0 amide bonds. The average Bonchev–Trinajstić information content (AvgIpc) is 2.04. The molecule has 0 heterocycles. The first-order chi connectivity index (χ1) is 5.27. The summed E-state index contributed by atoms with van der Waals surface area (Å²) in [6.07, 6.45) is 0. The Morgan fingerprint density at radius 1 is 1.36 bits per heavy atom. The van der Waals surface area contributed by atoms with Crippen LogP contribution in [0.1, 0.15) is 11.1 Å². The molecule has 0 fully saturated rings. The van der Waals surface area contributed by atoms with Crippen LogP contribution >= 0.6 is 50.1 Å². The summed E-state index contributed by atoms with van der Waals surface area (Å²) in [5.74, 6) is 0.603. The van der Waals surface area contributed by atoms with Crippen molar-refractivity contribution >= 4 is 50.1 Å². The molecule has 1 rings (SSSR count). The third-order valence-corrected chi connectivity index (χ3v) is 3.06. The quantitative estimate of drug-likeness (QED) is 0.559. The van der Waals surface area contributed by atoms with Crippen LogP contribution in [0.3, 0.4) is 0 Å². The fourth-order valence-corrected chi connectivity index (χ4v) is 2.23. The van der Waals surface area contributed by atoms with Gasteiger partial charge in [-0.05, 0) is 23.3 Å². The molecule has 0 nitrogen and oxygen atoms in total. The molecule has 0 aliphatic rings. The molecular formula is C8H7BrClI. The molecule has 0 radical (unpaired) electrons. The van der Waals surface area contributed by atoms with Crippen LogP contribution in [0.4, 0.5) is 0 Å². The molecule has 0 saturated carbocycles. The Hall–Kier alpha value is 0.720. The molecule has 0 saturated heterocycles. The lowest BCUT2D eigenvalue weighted by Crippen LogP contribution is -1.86. The van der Waals surface area contributed by atoms with E-state index in [9.17, 15) is 0 Å². The molecule has 0 atom stereocenters. The van der Waals surface area contributed by atoms with E-state index in [0.29, 0.717) is 5.88 Å². The predicted octanol–water partition coefficient (Wildman–Crippen LogP) is 4.12. The Morgan fingerprint density at radius 2 is 2.09 bits per heavy atom. The summed E-state index contributed by atoms with van der Waals surface area (Å²) in [6, 6.07) is 6.20. The highest BCUT2D eigenvalue weighted by Gasteiger charge is 1.99. The Morgan fingerprint density at radius 3 is 2.64 bits per heavy atom. The summed E-state index contributed by atoms with van der Waals surface area (Å²) in [5.41, 5.74) is 2.54. The van der Waals surface area contributed by atoms with Crippen molar-refractivity contribution in [2.45, 2.75) is 10.3 Å². The van der Waals surface area contributed by atoms with Crippen molar-refractivity contribution in [1.29, 1.82) is 0 Å². The summed E-state index contributed by atoms with van der Waals surface area (Å²) < 4.78 is 2.14. The summed E-state index contributed by atoms with van der Waals surface area (Å²) in [6.45, 7) is 0. The minimum Gasteiger partial charge on any atom is -0.122 e. The van der Waals surface area contributed by atoms with Gasteiger partial charge in [-0.3, -0.25) is 0 Å². The number of alkyl halides is 2. The van der Waals surface area contributed by atoms with Crippen LogP contribution < -0.4 is 0 Å². The van der Waals surface area contributed by atoms with E-state index in [1.54, 1.807) is 0 Å². The zero-order valence-electron chi connectivity index (χ0n) is 5.78. The van der Waals surface area contributed by atoms with Crippen molar-refractivity contribution in [3.05, 3.63) is 33.8 Å². The largest absolute Gasteiger partial charge is 0.122 e. The fraction of sp³-hybridized carbons (Fsp3) is 0.250. The van der Waals surface area contributed by atoms with Crippen LogP contribution in [0.15, 0.2) is 22.7 Å². The van der Waals surface area contributed by atoms with Gasteiger partial charge in [-0.2, -0.15) is 0 Å². The van der Waals surface area contributed by atoms with Crippen LogP contribution in [0.2, 0.25) is 0 Å². The summed E-state index contributed by atoms with van der Waals surface area (Å²) in [7, 11) is 0. The number of hydrogen-bond acceptors (Lipinski definition) is 0. The second-order valence-corrected chi connectivity index (χ2v) is 4.13. The summed E-state index contributed by atoms with van der Waals surface area (Å²) in [4.78, 5) is 0. The van der Waals surface area contributed by atoms with Gasteiger partial charge < -0.3 is 0 Å². The lowest BCUT2D eigenvalue weighted by molar-refractivity contribution is 1.28. The van der Waals surface area contributed by atoms with Gasteiger partial charge >= 0.3 is 0 Å². The Labute approximate surface area is 93.6 Å². The summed E-state index contributed by atoms with van der Waals surface area (Å²) >= 11 is 11.5. The van der Waals surface area contributed by atoms with Crippen LogP contribution in [-0.4, -0.2) is 0 Å². The van der Waals surface area contributed by atoms with E-state index >= 15 is 0 Å². The summed E-state index contributed by atoms with van der Waals surface area (Å²) in [5, 5.41) is 0. The minimum atomic E-state index is 0.603. The van der Waals surface area contributed by atoms with Gasteiger partial charge in [0.1, 0.15) is 0 Å². The van der Waals surface area contributed by atoms with Gasteiger partial charge in [-0.15, -0.1) is 11.6 Å². The van der Waals surface area contributed by atoms with Gasteiger partial charge in [0.2, 0.25) is 0 Å². The Kier molecular flexibility index (Phi) is 4.17. The number of benzene rings is 1. The van der Waals surface area contributed by atoms with Crippen molar-refractivity contribution in [2.24, 2.45) is 0 Å². The second-order valence-electron chi connectivity index (χ2n) is 2.18. The van der Waals surface area contributed by atoms with E-state index in [-0.39, 0.29) is 0 Å². The van der Waals surface area contributed by atoms with Crippen molar-refractivity contribution < 1.29 is 0 Å². The molecular weight excluding hydrogens is 338 g/mol.